The molecule has 21 heavy (non-hydrogen) atoms. The molecular formula is C15H14ClN3O2. The van der Waals surface area contributed by atoms with Gasteiger partial charge in [0.1, 0.15) is 5.56 Å². The maximum Gasteiger partial charge on any atom is 0.352 e. The lowest BCUT2D eigenvalue weighted by atomic mass is 10.1. The molecule has 2 aliphatic rings. The van der Waals surface area contributed by atoms with E-state index in [1.54, 1.807) is 11.6 Å². The molecule has 6 heteroatoms. The molecule has 2 heterocycles. The van der Waals surface area contributed by atoms with E-state index in [0.29, 0.717) is 10.8 Å². The molecule has 0 radical (unpaired) electrons. The quantitative estimate of drug-likeness (QED) is 0.646. The fourth-order valence-corrected chi connectivity index (χ4v) is 2.84. The molecule has 0 unspecified atom stereocenters. The van der Waals surface area contributed by atoms with E-state index in [-0.39, 0.29) is 5.56 Å². The zero-order valence-corrected chi connectivity index (χ0v) is 12.7. The van der Waals surface area contributed by atoms with Gasteiger partial charge in [0, 0.05) is 19.5 Å². The first-order chi connectivity index (χ1) is 9.95. The fourth-order valence-electron chi connectivity index (χ4n) is 2.52. The van der Waals surface area contributed by atoms with E-state index in [1.807, 2.05) is 18.2 Å². The van der Waals surface area contributed by atoms with Crippen LogP contribution in [0.25, 0.3) is 22.3 Å². The summed E-state index contributed by atoms with van der Waals surface area (Å²) in [5.74, 6) is 0.314. The Balaban J connectivity index is 2.63. The first-order valence-corrected chi connectivity index (χ1v) is 7.01. The van der Waals surface area contributed by atoms with Crippen LogP contribution >= 0.6 is 11.6 Å². The molecular weight excluding hydrogens is 290 g/mol. The van der Waals surface area contributed by atoms with Gasteiger partial charge in [0.15, 0.2) is 5.82 Å². The van der Waals surface area contributed by atoms with E-state index < -0.39 is 11.2 Å². The number of hydrogen-bond donors (Lipinski definition) is 0. The minimum Gasteiger partial charge on any atom is -0.328 e. The molecule has 0 saturated heterocycles. The van der Waals surface area contributed by atoms with Gasteiger partial charge >= 0.3 is 5.69 Å². The number of pyridine rings is 1. The van der Waals surface area contributed by atoms with Crippen LogP contribution in [0.3, 0.4) is 0 Å². The first kappa shape index (κ1) is 13.8. The van der Waals surface area contributed by atoms with Crippen molar-refractivity contribution in [2.24, 2.45) is 14.1 Å². The molecule has 108 valence electrons. The molecule has 0 spiro atoms. The number of halogens is 1. The lowest BCUT2D eigenvalue weighted by Gasteiger charge is -2.17. The number of hydrogen-bond acceptors (Lipinski definition) is 3. The number of fused-ring (bicyclic) bond motifs is 2. The Hall–Kier alpha value is -2.14. The van der Waals surface area contributed by atoms with Crippen LogP contribution in [0, 0.1) is 0 Å². The van der Waals surface area contributed by atoms with Gasteiger partial charge in [-0.25, -0.2) is 4.79 Å². The molecule has 0 amide bonds. The predicted molar refractivity (Wildman–Crippen MR) is 83.2 cm³/mol. The van der Waals surface area contributed by atoms with E-state index in [0.717, 1.165) is 27.5 Å². The highest BCUT2D eigenvalue weighted by atomic mass is 35.5. The van der Waals surface area contributed by atoms with Crippen LogP contribution in [0.5, 0.6) is 0 Å². The highest BCUT2D eigenvalue weighted by molar-refractivity contribution is 6.38. The molecule has 2 aliphatic heterocycles. The minimum absolute atomic E-state index is 0.276. The van der Waals surface area contributed by atoms with Gasteiger partial charge in [-0.15, -0.1) is 0 Å². The highest BCUT2D eigenvalue weighted by Crippen LogP contribution is 2.33. The standard InChI is InChI=1S/C15H14ClN3O2/c1-4-8-5-6-9-10(7-8)18(2)13-11(12(9)16)14(20)19(3)15(21)17-13/h5-7H,4H2,1-3H3. The van der Waals surface area contributed by atoms with Gasteiger partial charge in [-0.3, -0.25) is 9.36 Å². The molecule has 0 N–H and O–H groups in total. The van der Waals surface area contributed by atoms with Crippen molar-refractivity contribution < 1.29 is 0 Å². The fraction of sp³-hybridized carbons (Fsp3) is 0.267. The summed E-state index contributed by atoms with van der Waals surface area (Å²) >= 11 is 6.40. The van der Waals surface area contributed by atoms with Crippen molar-refractivity contribution in [2.45, 2.75) is 13.3 Å². The molecule has 0 aromatic heterocycles. The van der Waals surface area contributed by atoms with Crippen LogP contribution in [0.4, 0.5) is 0 Å². The van der Waals surface area contributed by atoms with E-state index in [2.05, 4.69) is 11.9 Å². The van der Waals surface area contributed by atoms with Crippen LogP contribution in [0.1, 0.15) is 12.5 Å². The Morgan fingerprint density at radius 3 is 2.57 bits per heavy atom. The van der Waals surface area contributed by atoms with Gasteiger partial charge in [0.05, 0.1) is 10.5 Å². The lowest BCUT2D eigenvalue weighted by Crippen LogP contribution is -2.36. The molecule has 5 nitrogen and oxygen atoms in total. The van der Waals surface area contributed by atoms with Gasteiger partial charge in [-0.1, -0.05) is 30.7 Å². The zero-order valence-electron chi connectivity index (χ0n) is 12.0. The molecule has 0 aliphatic carbocycles. The summed E-state index contributed by atoms with van der Waals surface area (Å²) in [4.78, 5) is 28.1. The van der Waals surface area contributed by atoms with Crippen LogP contribution < -0.4 is 11.2 Å². The summed E-state index contributed by atoms with van der Waals surface area (Å²) in [5, 5.41) is 1.12. The van der Waals surface area contributed by atoms with Crippen molar-refractivity contribution in [3.05, 3.63) is 49.6 Å². The van der Waals surface area contributed by atoms with Crippen LogP contribution in [-0.4, -0.2) is 14.1 Å². The third kappa shape index (κ3) is 1.88. The Bertz CT molecular complexity index is 956. The smallest absolute Gasteiger partial charge is 0.328 e. The number of aromatic nitrogens is 3. The highest BCUT2D eigenvalue weighted by Gasteiger charge is 2.21. The van der Waals surface area contributed by atoms with Gasteiger partial charge in [0.25, 0.3) is 5.56 Å². The maximum absolute atomic E-state index is 12.3. The normalized spacial score (nSPS) is 11.4. The molecule has 3 rings (SSSR count). The molecule has 1 aromatic rings. The molecule has 1 aromatic carbocycles. The molecule has 0 atom stereocenters. The van der Waals surface area contributed by atoms with Gasteiger partial charge < -0.3 is 4.57 Å². The van der Waals surface area contributed by atoms with Crippen molar-refractivity contribution in [3.8, 4) is 11.4 Å². The van der Waals surface area contributed by atoms with E-state index in [4.69, 9.17) is 11.6 Å². The number of nitrogens with zero attached hydrogens (tertiary/aromatic N) is 3. The summed E-state index contributed by atoms with van der Waals surface area (Å²) in [6.45, 7) is 2.06. The zero-order chi connectivity index (χ0) is 15.3. The molecule has 0 saturated carbocycles. The predicted octanol–water partition coefficient (Wildman–Crippen LogP) is 1.95. The van der Waals surface area contributed by atoms with Gasteiger partial charge in [-0.2, -0.15) is 4.98 Å². The Kier molecular flexibility index (Phi) is 3.10. The first-order valence-electron chi connectivity index (χ1n) is 6.63. The van der Waals surface area contributed by atoms with Crippen molar-refractivity contribution in [1.82, 2.24) is 14.1 Å². The third-order valence-electron chi connectivity index (χ3n) is 3.84. The summed E-state index contributed by atoms with van der Waals surface area (Å²) in [5.41, 5.74) is 1.28. The lowest BCUT2D eigenvalue weighted by molar-refractivity contribution is 0.757. The van der Waals surface area contributed by atoms with Gasteiger partial charge in [-0.05, 0) is 18.1 Å². The van der Waals surface area contributed by atoms with Crippen molar-refractivity contribution in [3.63, 3.8) is 0 Å². The Labute approximate surface area is 125 Å². The molecule has 0 bridgehead atoms. The van der Waals surface area contributed by atoms with E-state index in [9.17, 15) is 9.59 Å². The number of aryl methyl sites for hydroxylation is 2. The summed E-state index contributed by atoms with van der Waals surface area (Å²) in [7, 11) is 3.18. The minimum atomic E-state index is -0.579. The van der Waals surface area contributed by atoms with E-state index >= 15 is 0 Å². The van der Waals surface area contributed by atoms with Crippen molar-refractivity contribution >= 4 is 22.5 Å². The van der Waals surface area contributed by atoms with Crippen molar-refractivity contribution in [2.75, 3.05) is 0 Å². The number of benzene rings is 1. The topological polar surface area (TPSA) is 56.9 Å². The summed E-state index contributed by atoms with van der Waals surface area (Å²) in [6.07, 6.45) is 0.891. The van der Waals surface area contributed by atoms with Gasteiger partial charge in [0.2, 0.25) is 0 Å². The monoisotopic (exact) mass is 303 g/mol. The number of rotatable bonds is 1. The average Bonchev–Trinajstić information content (AvgIpc) is 2.49. The molecule has 0 fully saturated rings. The third-order valence-corrected chi connectivity index (χ3v) is 4.23. The largest absolute Gasteiger partial charge is 0.352 e. The van der Waals surface area contributed by atoms with Crippen LogP contribution in [0.2, 0.25) is 5.02 Å². The summed E-state index contributed by atoms with van der Waals surface area (Å²) in [6, 6.07) is 5.89. The second-order valence-corrected chi connectivity index (χ2v) is 5.41. The average molecular weight is 304 g/mol. The summed E-state index contributed by atoms with van der Waals surface area (Å²) < 4.78 is 2.72. The van der Waals surface area contributed by atoms with Crippen LogP contribution in [-0.2, 0) is 20.5 Å². The Morgan fingerprint density at radius 1 is 1.19 bits per heavy atom. The van der Waals surface area contributed by atoms with Crippen molar-refractivity contribution in [1.29, 1.82) is 0 Å². The second-order valence-electron chi connectivity index (χ2n) is 5.04. The Morgan fingerprint density at radius 2 is 1.90 bits per heavy atom. The van der Waals surface area contributed by atoms with E-state index in [1.165, 1.54) is 7.05 Å². The van der Waals surface area contributed by atoms with Crippen LogP contribution in [0.15, 0.2) is 27.8 Å². The SMILES string of the molecule is CCc1ccc2c(Cl)c3c(=O)n(C)c(=O)nc-3n(C)c2c1. The second kappa shape index (κ2) is 4.70. The maximum atomic E-state index is 12.3.